The smallest absolute Gasteiger partial charge is 0.226 e. The van der Waals surface area contributed by atoms with Crippen LogP contribution in [-0.4, -0.2) is 12.8 Å². The SMILES string of the molecule is CC(C)(C)C1=CC2B3c4cc(C(C)(C)C)ccc4N(c4cccc5c4C4(c6ccccc6-c6ccccc64)c4ccccc4-5)c4cc(-c5ccc6oc7ccccc7c6c5)cc(c43)N(c3cccc4c3C3(c5ccccc5-c5ccccc53)c3ccccc3-4)C2C=C1. The van der Waals surface area contributed by atoms with Crippen LogP contribution in [-0.2, 0) is 16.2 Å². The van der Waals surface area contributed by atoms with Gasteiger partial charge in [-0.3, -0.25) is 0 Å². The van der Waals surface area contributed by atoms with Gasteiger partial charge in [-0.15, -0.1) is 0 Å². The fraction of sp³-hybridized carbons (Fsp3) is 0.136. The van der Waals surface area contributed by atoms with E-state index in [2.05, 4.69) is 324 Å². The van der Waals surface area contributed by atoms with Crippen LogP contribution in [0, 0.1) is 5.41 Å². The fourth-order valence-electron chi connectivity index (χ4n) is 18.7. The molecule has 0 N–H and O–H groups in total. The molecule has 0 fully saturated rings. The van der Waals surface area contributed by atoms with Crippen molar-refractivity contribution in [2.75, 3.05) is 9.80 Å². The van der Waals surface area contributed by atoms with Gasteiger partial charge in [0.05, 0.1) is 22.6 Å². The zero-order chi connectivity index (χ0) is 61.3. The second-order valence-electron chi connectivity index (χ2n) is 28.9. The van der Waals surface area contributed by atoms with Crippen LogP contribution in [0.4, 0.5) is 28.4 Å². The van der Waals surface area contributed by atoms with Crippen molar-refractivity contribution >= 4 is 68.0 Å². The van der Waals surface area contributed by atoms with E-state index >= 15 is 0 Å². The van der Waals surface area contributed by atoms with Crippen LogP contribution in [0.25, 0.3) is 77.6 Å². The summed E-state index contributed by atoms with van der Waals surface area (Å²) in [6, 6.07) is 98.3. The van der Waals surface area contributed by atoms with Crippen molar-refractivity contribution in [2.45, 2.75) is 69.6 Å². The molecule has 4 heteroatoms. The number of anilines is 5. The lowest BCUT2D eigenvalue weighted by molar-refractivity contribution is 0.509. The van der Waals surface area contributed by atoms with Crippen LogP contribution in [0.15, 0.2) is 283 Å². The Kier molecular flexibility index (Phi) is 10.3. The summed E-state index contributed by atoms with van der Waals surface area (Å²) < 4.78 is 6.62. The molecule has 0 bridgehead atoms. The first-order valence-electron chi connectivity index (χ1n) is 33.0. The van der Waals surface area contributed by atoms with E-state index in [1.165, 1.54) is 140 Å². The number of allylic oxidation sites excluding steroid dienone is 2. The lowest BCUT2D eigenvalue weighted by atomic mass is 9.28. The first-order valence-corrected chi connectivity index (χ1v) is 33.0. The maximum absolute atomic E-state index is 6.62. The molecule has 0 saturated heterocycles. The highest BCUT2D eigenvalue weighted by atomic mass is 16.3. The van der Waals surface area contributed by atoms with Gasteiger partial charge in [-0.25, -0.2) is 0 Å². The Bertz CT molecular complexity index is 5380. The Labute approximate surface area is 538 Å². The Balaban J connectivity index is 0.948. The maximum atomic E-state index is 6.62. The fourth-order valence-corrected chi connectivity index (χ4v) is 18.7. The quantitative estimate of drug-likeness (QED) is 0.164. The average molecular weight is 1180 g/mol. The average Bonchev–Trinajstić information content (AvgIpc) is 1.43. The van der Waals surface area contributed by atoms with Gasteiger partial charge in [-0.1, -0.05) is 266 Å². The van der Waals surface area contributed by atoms with Crippen molar-refractivity contribution in [3.8, 4) is 55.6 Å². The van der Waals surface area contributed by atoms with E-state index in [-0.39, 0.29) is 29.4 Å². The number of nitrogens with zero attached hydrogens (tertiary/aromatic N) is 2. The van der Waals surface area contributed by atoms with Crippen molar-refractivity contribution in [3.05, 3.63) is 329 Å². The summed E-state index contributed by atoms with van der Waals surface area (Å²) in [4.78, 5) is 5.61. The molecule has 2 aliphatic heterocycles. The third-order valence-corrected chi connectivity index (χ3v) is 22.4. The molecule has 7 aliphatic rings. The van der Waals surface area contributed by atoms with Gasteiger partial charge in [0.25, 0.3) is 0 Å². The van der Waals surface area contributed by atoms with Gasteiger partial charge in [0.2, 0.25) is 6.71 Å². The first kappa shape index (κ1) is 52.4. The van der Waals surface area contributed by atoms with Gasteiger partial charge in [-0.2, -0.15) is 0 Å². The Morgan fingerprint density at radius 2 is 0.859 bits per heavy atom. The number of benzene rings is 12. The number of rotatable bonds is 3. The molecule has 3 nitrogen and oxygen atoms in total. The van der Waals surface area contributed by atoms with Crippen LogP contribution in [0.1, 0.15) is 91.6 Å². The molecule has 0 radical (unpaired) electrons. The second kappa shape index (κ2) is 18.2. The monoisotopic (exact) mass is 1180 g/mol. The van der Waals surface area contributed by atoms with E-state index in [1.807, 2.05) is 0 Å². The molecule has 2 spiro atoms. The van der Waals surface area contributed by atoms with E-state index in [1.54, 1.807) is 0 Å². The number of fused-ring (bicyclic) bond motifs is 27. The van der Waals surface area contributed by atoms with Gasteiger partial charge in [0.1, 0.15) is 11.2 Å². The molecular formula is C88H65BN2O. The molecule has 0 saturated carbocycles. The van der Waals surface area contributed by atoms with Crippen LogP contribution in [0.2, 0.25) is 5.82 Å². The minimum absolute atomic E-state index is 0.0282. The third kappa shape index (κ3) is 6.57. The summed E-state index contributed by atoms with van der Waals surface area (Å²) in [7, 11) is 0. The molecule has 0 amide bonds. The van der Waals surface area contributed by atoms with Crippen LogP contribution >= 0.6 is 0 Å². The van der Waals surface area contributed by atoms with E-state index in [0.717, 1.165) is 33.1 Å². The molecule has 5 aliphatic carbocycles. The summed E-state index contributed by atoms with van der Waals surface area (Å²) in [5.74, 6) is 0.0282. The molecule has 92 heavy (non-hydrogen) atoms. The van der Waals surface area contributed by atoms with Crippen molar-refractivity contribution in [1.82, 2.24) is 0 Å². The molecule has 1 aromatic heterocycles. The van der Waals surface area contributed by atoms with Crippen molar-refractivity contribution in [3.63, 3.8) is 0 Å². The highest BCUT2D eigenvalue weighted by Crippen LogP contribution is 2.68. The van der Waals surface area contributed by atoms with Crippen molar-refractivity contribution in [2.24, 2.45) is 5.41 Å². The molecule has 12 aromatic carbocycles. The molecule has 2 unspecified atom stereocenters. The lowest BCUT2D eigenvalue weighted by Crippen LogP contribution is -2.62. The minimum atomic E-state index is -0.611. The number of hydrogen-bond donors (Lipinski definition) is 0. The Morgan fingerprint density at radius 1 is 0.380 bits per heavy atom. The Hall–Kier alpha value is -10.4. The number of hydrogen-bond acceptors (Lipinski definition) is 3. The van der Waals surface area contributed by atoms with E-state index in [0.29, 0.717) is 0 Å². The topological polar surface area (TPSA) is 19.6 Å². The molecule has 20 rings (SSSR count). The molecular weight excluding hydrogens is 1110 g/mol. The van der Waals surface area contributed by atoms with Crippen LogP contribution in [0.3, 0.4) is 0 Å². The minimum Gasteiger partial charge on any atom is -0.456 e. The van der Waals surface area contributed by atoms with E-state index < -0.39 is 10.8 Å². The number of furan rings is 1. The summed E-state index contributed by atoms with van der Waals surface area (Å²) in [5.41, 5.74) is 35.3. The van der Waals surface area contributed by atoms with Gasteiger partial charge >= 0.3 is 0 Å². The van der Waals surface area contributed by atoms with Crippen molar-refractivity contribution in [1.29, 1.82) is 0 Å². The van der Waals surface area contributed by atoms with Gasteiger partial charge in [0, 0.05) is 44.6 Å². The van der Waals surface area contributed by atoms with Gasteiger partial charge < -0.3 is 14.2 Å². The normalized spacial score (nSPS) is 17.4. The Morgan fingerprint density at radius 3 is 1.41 bits per heavy atom. The number of para-hydroxylation sites is 1. The van der Waals surface area contributed by atoms with Crippen LogP contribution in [0.5, 0.6) is 0 Å². The zero-order valence-electron chi connectivity index (χ0n) is 52.5. The first-order chi connectivity index (χ1) is 44.9. The summed E-state index contributed by atoms with van der Waals surface area (Å²) in [6.07, 6.45) is 7.81. The van der Waals surface area contributed by atoms with Crippen molar-refractivity contribution < 1.29 is 4.42 Å². The molecule has 3 heterocycles. The highest BCUT2D eigenvalue weighted by Gasteiger charge is 2.58. The maximum Gasteiger partial charge on any atom is 0.226 e. The van der Waals surface area contributed by atoms with E-state index in [9.17, 15) is 0 Å². The molecule has 436 valence electrons. The van der Waals surface area contributed by atoms with Crippen LogP contribution < -0.4 is 20.7 Å². The summed E-state index contributed by atoms with van der Waals surface area (Å²) in [5, 5.41) is 2.24. The molecule has 2 atom stereocenters. The molecule has 13 aromatic rings. The highest BCUT2D eigenvalue weighted by molar-refractivity contribution is 6.91. The largest absolute Gasteiger partial charge is 0.456 e. The predicted octanol–water partition coefficient (Wildman–Crippen LogP) is 21.1. The summed E-state index contributed by atoms with van der Waals surface area (Å²) >= 11 is 0. The lowest BCUT2D eigenvalue weighted by Gasteiger charge is -2.52. The standard InChI is InChI=1S/C88H65BN2O/c1-85(2,3)54-42-44-74-72(50-54)89-73-51-55(86(4,5)6)43-45-75(73)91(77-39-22-31-64-61-28-12-19-37-71(61)88(83(64)77)68-34-16-9-25-58(68)59-26-10-17-35-69(59)88)79-49-53(52-41-46-81-65(47-52)62-29-13-20-40-80(62)92-81)48-78(84(79)89)90(74)76-38-21-30-63-60-27-11-18-36-70(60)87(82(63)76)66-32-14-7-23-56(66)57-24-8-15-33-67(57)87/h7-51,72,74H,1-6H3. The predicted molar refractivity (Wildman–Crippen MR) is 383 cm³/mol. The van der Waals surface area contributed by atoms with Gasteiger partial charge in [-0.05, 0) is 176 Å². The van der Waals surface area contributed by atoms with E-state index in [4.69, 9.17) is 4.42 Å². The summed E-state index contributed by atoms with van der Waals surface area (Å²) in [6.45, 7) is 14.3. The zero-order valence-corrected chi connectivity index (χ0v) is 52.5. The second-order valence-corrected chi connectivity index (χ2v) is 28.9. The van der Waals surface area contributed by atoms with Gasteiger partial charge in [0.15, 0.2) is 0 Å². The third-order valence-electron chi connectivity index (χ3n) is 22.4.